The Morgan fingerprint density at radius 1 is 1.57 bits per heavy atom. The van der Waals surface area contributed by atoms with Gasteiger partial charge in [0.2, 0.25) is 5.91 Å². The minimum absolute atomic E-state index is 0.0653. The number of aryl methyl sites for hydroxylation is 1. The molecule has 1 N–H and O–H groups in total. The SMILES string of the molecule is CC(=O)Nc1cnc2sccc2c1C. The number of pyridine rings is 1. The first-order chi connectivity index (χ1) is 6.68. The fourth-order valence-corrected chi connectivity index (χ4v) is 2.16. The van der Waals surface area contributed by atoms with Crippen molar-refractivity contribution in [2.24, 2.45) is 0 Å². The number of hydrogen-bond acceptors (Lipinski definition) is 3. The molecule has 3 nitrogen and oxygen atoms in total. The Hall–Kier alpha value is -1.42. The van der Waals surface area contributed by atoms with E-state index in [4.69, 9.17) is 0 Å². The molecule has 0 aliphatic carbocycles. The van der Waals surface area contributed by atoms with Crippen LogP contribution in [0.25, 0.3) is 10.2 Å². The number of fused-ring (bicyclic) bond motifs is 1. The molecule has 0 bridgehead atoms. The van der Waals surface area contributed by atoms with Crippen molar-refractivity contribution >= 4 is 33.1 Å². The molecule has 0 spiro atoms. The van der Waals surface area contributed by atoms with Crippen LogP contribution in [0.15, 0.2) is 17.6 Å². The van der Waals surface area contributed by atoms with Crippen LogP contribution in [0.1, 0.15) is 12.5 Å². The molecule has 0 saturated heterocycles. The lowest BCUT2D eigenvalue weighted by atomic mass is 10.2. The zero-order valence-corrected chi connectivity index (χ0v) is 8.81. The summed E-state index contributed by atoms with van der Waals surface area (Å²) in [5.41, 5.74) is 1.87. The number of nitrogens with one attached hydrogen (secondary N) is 1. The molecule has 2 aromatic rings. The first-order valence-electron chi connectivity index (χ1n) is 4.29. The Kier molecular flexibility index (Phi) is 2.21. The summed E-state index contributed by atoms with van der Waals surface area (Å²) < 4.78 is 0. The number of amides is 1. The second-order valence-electron chi connectivity index (χ2n) is 3.12. The first-order valence-corrected chi connectivity index (χ1v) is 5.17. The fraction of sp³-hybridized carbons (Fsp3) is 0.200. The number of carbonyl (C=O) groups is 1. The summed E-state index contributed by atoms with van der Waals surface area (Å²) in [5, 5.41) is 5.87. The largest absolute Gasteiger partial charge is 0.325 e. The van der Waals surface area contributed by atoms with Gasteiger partial charge in [0.1, 0.15) is 4.83 Å². The first kappa shape index (κ1) is 9.15. The van der Waals surface area contributed by atoms with Crippen LogP contribution in [-0.2, 0) is 4.79 Å². The molecular formula is C10H10N2OS. The van der Waals surface area contributed by atoms with Crippen LogP contribution in [0.5, 0.6) is 0 Å². The smallest absolute Gasteiger partial charge is 0.221 e. The Morgan fingerprint density at radius 2 is 2.36 bits per heavy atom. The zero-order chi connectivity index (χ0) is 10.1. The van der Waals surface area contributed by atoms with Gasteiger partial charge >= 0.3 is 0 Å². The number of hydrogen-bond donors (Lipinski definition) is 1. The molecular weight excluding hydrogens is 196 g/mol. The quantitative estimate of drug-likeness (QED) is 0.779. The van der Waals surface area contributed by atoms with E-state index in [1.807, 2.05) is 18.4 Å². The van der Waals surface area contributed by atoms with Crippen molar-refractivity contribution in [2.75, 3.05) is 5.32 Å². The molecule has 2 rings (SSSR count). The second kappa shape index (κ2) is 3.38. The average molecular weight is 206 g/mol. The average Bonchev–Trinajstić information content (AvgIpc) is 2.57. The maximum atomic E-state index is 10.9. The molecule has 2 aromatic heterocycles. The molecule has 4 heteroatoms. The summed E-state index contributed by atoms with van der Waals surface area (Å²) in [7, 11) is 0. The molecule has 0 aliphatic heterocycles. The van der Waals surface area contributed by atoms with E-state index in [1.165, 1.54) is 6.92 Å². The van der Waals surface area contributed by atoms with Crippen LogP contribution in [0.2, 0.25) is 0 Å². The summed E-state index contributed by atoms with van der Waals surface area (Å²) in [6.45, 7) is 3.49. The van der Waals surface area contributed by atoms with Gasteiger partial charge in [0.05, 0.1) is 11.9 Å². The van der Waals surface area contributed by atoms with Gasteiger partial charge in [-0.25, -0.2) is 4.98 Å². The van der Waals surface area contributed by atoms with Crippen LogP contribution in [-0.4, -0.2) is 10.9 Å². The van der Waals surface area contributed by atoms with E-state index in [2.05, 4.69) is 10.3 Å². The number of nitrogens with zero attached hydrogens (tertiary/aromatic N) is 1. The number of rotatable bonds is 1. The third kappa shape index (κ3) is 1.48. The van der Waals surface area contributed by atoms with Gasteiger partial charge in [-0.05, 0) is 23.9 Å². The van der Waals surface area contributed by atoms with Gasteiger partial charge in [-0.15, -0.1) is 11.3 Å². The minimum atomic E-state index is -0.0653. The van der Waals surface area contributed by atoms with E-state index in [-0.39, 0.29) is 5.91 Å². The number of thiophene rings is 1. The van der Waals surface area contributed by atoms with Crippen LogP contribution in [0, 0.1) is 6.92 Å². The van der Waals surface area contributed by atoms with E-state index in [0.29, 0.717) is 0 Å². The van der Waals surface area contributed by atoms with Crippen molar-refractivity contribution in [2.45, 2.75) is 13.8 Å². The monoisotopic (exact) mass is 206 g/mol. The summed E-state index contributed by atoms with van der Waals surface area (Å²) >= 11 is 1.61. The van der Waals surface area contributed by atoms with Gasteiger partial charge in [0.25, 0.3) is 0 Å². The highest BCUT2D eigenvalue weighted by Crippen LogP contribution is 2.26. The fourth-order valence-electron chi connectivity index (χ4n) is 1.37. The van der Waals surface area contributed by atoms with Crippen molar-refractivity contribution < 1.29 is 4.79 Å². The lowest BCUT2D eigenvalue weighted by molar-refractivity contribution is -0.114. The van der Waals surface area contributed by atoms with Crippen LogP contribution >= 0.6 is 11.3 Å². The molecule has 72 valence electrons. The highest BCUT2D eigenvalue weighted by Gasteiger charge is 2.06. The van der Waals surface area contributed by atoms with E-state index in [9.17, 15) is 4.79 Å². The Balaban J connectivity index is 2.56. The summed E-state index contributed by atoms with van der Waals surface area (Å²) in [5.74, 6) is -0.0653. The second-order valence-corrected chi connectivity index (χ2v) is 4.01. The molecule has 0 aromatic carbocycles. The third-order valence-corrected chi connectivity index (χ3v) is 2.90. The topological polar surface area (TPSA) is 42.0 Å². The Labute approximate surface area is 85.8 Å². The molecule has 0 aliphatic rings. The maximum absolute atomic E-state index is 10.9. The van der Waals surface area contributed by atoms with E-state index < -0.39 is 0 Å². The van der Waals surface area contributed by atoms with E-state index in [0.717, 1.165) is 21.5 Å². The normalized spacial score (nSPS) is 10.4. The van der Waals surface area contributed by atoms with Crippen molar-refractivity contribution in [3.8, 4) is 0 Å². The molecule has 0 atom stereocenters. The predicted molar refractivity (Wildman–Crippen MR) is 58.7 cm³/mol. The summed E-state index contributed by atoms with van der Waals surface area (Å²) in [4.78, 5) is 16.2. The van der Waals surface area contributed by atoms with Gasteiger partial charge in [0.15, 0.2) is 0 Å². The zero-order valence-electron chi connectivity index (χ0n) is 8.00. The number of carbonyl (C=O) groups excluding carboxylic acids is 1. The van der Waals surface area contributed by atoms with Crippen LogP contribution < -0.4 is 5.32 Å². The highest BCUT2D eigenvalue weighted by atomic mass is 32.1. The van der Waals surface area contributed by atoms with Crippen molar-refractivity contribution in [1.29, 1.82) is 0 Å². The molecule has 0 unspecified atom stereocenters. The molecule has 14 heavy (non-hydrogen) atoms. The Bertz CT molecular complexity index is 490. The number of aromatic nitrogens is 1. The predicted octanol–water partition coefficient (Wildman–Crippen LogP) is 2.56. The molecule has 0 radical (unpaired) electrons. The van der Waals surface area contributed by atoms with Crippen molar-refractivity contribution in [1.82, 2.24) is 4.98 Å². The summed E-state index contributed by atoms with van der Waals surface area (Å²) in [6, 6.07) is 2.02. The highest BCUT2D eigenvalue weighted by molar-refractivity contribution is 7.16. The van der Waals surface area contributed by atoms with Gasteiger partial charge in [0, 0.05) is 12.3 Å². The van der Waals surface area contributed by atoms with Crippen molar-refractivity contribution in [3.05, 3.63) is 23.2 Å². The minimum Gasteiger partial charge on any atom is -0.325 e. The lowest BCUT2D eigenvalue weighted by Gasteiger charge is -2.05. The van der Waals surface area contributed by atoms with Gasteiger partial charge in [-0.2, -0.15) is 0 Å². The maximum Gasteiger partial charge on any atom is 0.221 e. The van der Waals surface area contributed by atoms with Crippen LogP contribution in [0.3, 0.4) is 0 Å². The van der Waals surface area contributed by atoms with Crippen LogP contribution in [0.4, 0.5) is 5.69 Å². The molecule has 1 amide bonds. The van der Waals surface area contributed by atoms with Crippen molar-refractivity contribution in [3.63, 3.8) is 0 Å². The van der Waals surface area contributed by atoms with Gasteiger partial charge < -0.3 is 5.32 Å². The number of anilines is 1. The standard InChI is InChI=1S/C10H10N2OS/c1-6-8-3-4-14-10(8)11-5-9(6)12-7(2)13/h3-5H,1-2H3,(H,12,13). The van der Waals surface area contributed by atoms with Gasteiger partial charge in [-0.1, -0.05) is 0 Å². The summed E-state index contributed by atoms with van der Waals surface area (Å²) in [6.07, 6.45) is 1.70. The molecule has 0 saturated carbocycles. The van der Waals surface area contributed by atoms with E-state index in [1.54, 1.807) is 17.5 Å². The van der Waals surface area contributed by atoms with Gasteiger partial charge in [-0.3, -0.25) is 4.79 Å². The molecule has 0 fully saturated rings. The van der Waals surface area contributed by atoms with E-state index >= 15 is 0 Å². The third-order valence-electron chi connectivity index (χ3n) is 2.07. The molecule has 2 heterocycles. The lowest BCUT2D eigenvalue weighted by Crippen LogP contribution is -2.07. The Morgan fingerprint density at radius 3 is 3.07 bits per heavy atom.